The van der Waals surface area contributed by atoms with Crippen LogP contribution in [0, 0.1) is 10.8 Å². The summed E-state index contributed by atoms with van der Waals surface area (Å²) in [5.41, 5.74) is 6.65. The van der Waals surface area contributed by atoms with Gasteiger partial charge in [0.2, 0.25) is 0 Å². The third kappa shape index (κ3) is 5.09. The summed E-state index contributed by atoms with van der Waals surface area (Å²) in [7, 11) is 0. The molecular formula is C23H34. The first-order valence-electron chi connectivity index (χ1n) is 9.09. The molecule has 0 saturated carbocycles. The highest BCUT2D eigenvalue weighted by Gasteiger charge is 2.23. The number of rotatable bonds is 3. The summed E-state index contributed by atoms with van der Waals surface area (Å²) in [6.07, 6.45) is 12.6. The highest BCUT2D eigenvalue weighted by Crippen LogP contribution is 2.38. The van der Waals surface area contributed by atoms with Gasteiger partial charge in [-0.1, -0.05) is 84.9 Å². The molecular weight excluding hydrogens is 276 g/mol. The van der Waals surface area contributed by atoms with Crippen LogP contribution in [0.15, 0.2) is 30.4 Å². The Kier molecular flexibility index (Phi) is 5.23. The van der Waals surface area contributed by atoms with Crippen LogP contribution >= 0.6 is 0 Å². The van der Waals surface area contributed by atoms with E-state index in [0.717, 1.165) is 12.8 Å². The van der Waals surface area contributed by atoms with Crippen molar-refractivity contribution in [2.75, 3.05) is 0 Å². The molecule has 0 saturated heterocycles. The fraction of sp³-hybridized carbons (Fsp3) is 0.565. The molecule has 0 aromatic heterocycles. The molecule has 0 heterocycles. The molecule has 1 aromatic carbocycles. The lowest BCUT2D eigenvalue weighted by molar-refractivity contribution is 0.360. The second-order valence-electron chi connectivity index (χ2n) is 9.46. The highest BCUT2D eigenvalue weighted by molar-refractivity contribution is 5.63. The average Bonchev–Trinajstić information content (AvgIpc) is 2.57. The fourth-order valence-electron chi connectivity index (χ4n) is 3.61. The van der Waals surface area contributed by atoms with Crippen LogP contribution in [0.2, 0.25) is 0 Å². The molecule has 1 unspecified atom stereocenters. The lowest BCUT2D eigenvalue weighted by Crippen LogP contribution is -2.14. The number of aryl methyl sites for hydroxylation is 1. The zero-order valence-corrected chi connectivity index (χ0v) is 16.2. The maximum Gasteiger partial charge on any atom is 0.00321 e. The lowest BCUT2D eigenvalue weighted by Gasteiger charge is -2.27. The Hall–Kier alpha value is -1.30. The maximum atomic E-state index is 2.48. The van der Waals surface area contributed by atoms with Gasteiger partial charge >= 0.3 is 0 Å². The van der Waals surface area contributed by atoms with E-state index in [1.807, 2.05) is 0 Å². The smallest absolute Gasteiger partial charge is 0.00321 e. The van der Waals surface area contributed by atoms with E-state index in [-0.39, 0.29) is 0 Å². The Morgan fingerprint density at radius 2 is 1.61 bits per heavy atom. The van der Waals surface area contributed by atoms with Gasteiger partial charge in [-0.2, -0.15) is 0 Å². The molecule has 0 radical (unpaired) electrons. The monoisotopic (exact) mass is 310 g/mol. The van der Waals surface area contributed by atoms with Crippen LogP contribution < -0.4 is 0 Å². The second kappa shape index (κ2) is 6.67. The van der Waals surface area contributed by atoms with E-state index in [2.05, 4.69) is 84.9 Å². The van der Waals surface area contributed by atoms with Crippen molar-refractivity contribution in [2.45, 2.75) is 73.6 Å². The van der Waals surface area contributed by atoms with Gasteiger partial charge in [0.25, 0.3) is 0 Å². The summed E-state index contributed by atoms with van der Waals surface area (Å²) in [5.74, 6) is 0.519. The predicted molar refractivity (Wildman–Crippen MR) is 104 cm³/mol. The average molecular weight is 311 g/mol. The van der Waals surface area contributed by atoms with Gasteiger partial charge in [0.1, 0.15) is 0 Å². The van der Waals surface area contributed by atoms with Gasteiger partial charge in [0.15, 0.2) is 0 Å². The molecule has 0 aliphatic heterocycles. The van der Waals surface area contributed by atoms with Crippen molar-refractivity contribution in [3.63, 3.8) is 0 Å². The molecule has 0 fully saturated rings. The van der Waals surface area contributed by atoms with Crippen molar-refractivity contribution in [3.8, 4) is 0 Å². The summed E-state index contributed by atoms with van der Waals surface area (Å²) in [6.45, 7) is 16.3. The van der Waals surface area contributed by atoms with Gasteiger partial charge in [0, 0.05) is 5.92 Å². The molecule has 0 nitrogen and oxygen atoms in total. The highest BCUT2D eigenvalue weighted by atomic mass is 14.3. The van der Waals surface area contributed by atoms with Crippen LogP contribution in [0.5, 0.6) is 0 Å². The minimum Gasteiger partial charge on any atom is -0.0770 e. The van der Waals surface area contributed by atoms with E-state index in [1.54, 1.807) is 0 Å². The van der Waals surface area contributed by atoms with E-state index < -0.39 is 0 Å². The molecule has 0 spiro atoms. The molecule has 1 aliphatic carbocycles. The van der Waals surface area contributed by atoms with Gasteiger partial charge in [0.05, 0.1) is 0 Å². The fourth-order valence-corrected chi connectivity index (χ4v) is 3.61. The number of allylic oxidation sites excluding steroid dienone is 3. The van der Waals surface area contributed by atoms with Crippen LogP contribution in [0.3, 0.4) is 0 Å². The van der Waals surface area contributed by atoms with E-state index in [0.29, 0.717) is 16.7 Å². The minimum atomic E-state index is 0.329. The zero-order valence-electron chi connectivity index (χ0n) is 16.2. The topological polar surface area (TPSA) is 0 Å². The van der Waals surface area contributed by atoms with Crippen LogP contribution in [-0.2, 0) is 12.8 Å². The largest absolute Gasteiger partial charge is 0.0770 e. The molecule has 0 heteroatoms. The van der Waals surface area contributed by atoms with Crippen molar-refractivity contribution >= 4 is 6.08 Å². The van der Waals surface area contributed by atoms with Crippen LogP contribution in [0.1, 0.15) is 83.1 Å². The van der Waals surface area contributed by atoms with E-state index in [9.17, 15) is 0 Å². The lowest BCUT2D eigenvalue weighted by atomic mass is 9.78. The molecule has 0 N–H and O–H groups in total. The Morgan fingerprint density at radius 1 is 0.913 bits per heavy atom. The third-order valence-corrected chi connectivity index (χ3v) is 4.42. The van der Waals surface area contributed by atoms with Crippen molar-refractivity contribution in [1.29, 1.82) is 0 Å². The number of benzene rings is 1. The molecule has 1 aliphatic rings. The first-order chi connectivity index (χ1) is 10.6. The summed E-state index contributed by atoms with van der Waals surface area (Å²) in [5, 5.41) is 0. The summed E-state index contributed by atoms with van der Waals surface area (Å²) in [6, 6.07) is 4.92. The normalized spacial score (nSPS) is 18.0. The van der Waals surface area contributed by atoms with Crippen LogP contribution in [0.25, 0.3) is 6.08 Å². The van der Waals surface area contributed by atoms with Gasteiger partial charge < -0.3 is 0 Å². The molecule has 0 bridgehead atoms. The predicted octanol–water partition coefficient (Wildman–Crippen LogP) is 6.94. The Bertz CT molecular complexity index is 600. The third-order valence-electron chi connectivity index (χ3n) is 4.42. The van der Waals surface area contributed by atoms with Crippen molar-refractivity contribution in [1.82, 2.24) is 0 Å². The number of hydrogen-bond acceptors (Lipinski definition) is 0. The van der Waals surface area contributed by atoms with Crippen molar-refractivity contribution in [3.05, 3.63) is 52.6 Å². The molecule has 1 atom stereocenters. The molecule has 0 amide bonds. The standard InChI is InChI=1S/C23H34/c1-8-18-13-17(15-22(2,3)4)14-21-19(16-23(5,6)7)11-9-10-12-20(18)21/h9-14,19H,8,15-16H2,1-7H3. The van der Waals surface area contributed by atoms with E-state index in [1.165, 1.54) is 28.7 Å². The van der Waals surface area contributed by atoms with Gasteiger partial charge in [-0.3, -0.25) is 0 Å². The molecule has 126 valence electrons. The minimum absolute atomic E-state index is 0.329. The zero-order chi connectivity index (χ0) is 17.3. The van der Waals surface area contributed by atoms with E-state index >= 15 is 0 Å². The maximum absolute atomic E-state index is 2.48. The van der Waals surface area contributed by atoms with Crippen LogP contribution in [0.4, 0.5) is 0 Å². The van der Waals surface area contributed by atoms with Gasteiger partial charge in [-0.15, -0.1) is 0 Å². The first-order valence-corrected chi connectivity index (χ1v) is 9.09. The number of fused-ring (bicyclic) bond motifs is 1. The Morgan fingerprint density at radius 3 is 2.17 bits per heavy atom. The molecule has 1 aromatic rings. The van der Waals surface area contributed by atoms with Crippen molar-refractivity contribution < 1.29 is 0 Å². The van der Waals surface area contributed by atoms with Gasteiger partial charge in [-0.25, -0.2) is 0 Å². The van der Waals surface area contributed by atoms with Gasteiger partial charge in [-0.05, 0) is 52.3 Å². The SMILES string of the molecule is CCc1cc(CC(C)(C)C)cc2c1C=CC=CC2CC(C)(C)C. The first kappa shape index (κ1) is 18.0. The van der Waals surface area contributed by atoms with E-state index in [4.69, 9.17) is 0 Å². The number of hydrogen-bond donors (Lipinski definition) is 0. The quantitative estimate of drug-likeness (QED) is 0.567. The molecule has 23 heavy (non-hydrogen) atoms. The summed E-state index contributed by atoms with van der Waals surface area (Å²) in [4.78, 5) is 0. The second-order valence-corrected chi connectivity index (χ2v) is 9.46. The molecule has 2 rings (SSSR count). The Labute approximate surface area is 143 Å². The van der Waals surface area contributed by atoms with Crippen molar-refractivity contribution in [2.24, 2.45) is 10.8 Å². The Balaban J connectivity index is 2.52. The van der Waals surface area contributed by atoms with Crippen LogP contribution in [-0.4, -0.2) is 0 Å². The summed E-state index contributed by atoms with van der Waals surface area (Å²) >= 11 is 0. The summed E-state index contributed by atoms with van der Waals surface area (Å²) < 4.78 is 0.